The number of aliphatic hydroxyl groups excluding tert-OH is 1. The first-order valence-electron chi connectivity index (χ1n) is 8.28. The van der Waals surface area contributed by atoms with Gasteiger partial charge < -0.3 is 10.4 Å². The van der Waals surface area contributed by atoms with E-state index in [2.05, 4.69) is 24.1 Å². The van der Waals surface area contributed by atoms with Crippen molar-refractivity contribution in [3.8, 4) is 0 Å². The van der Waals surface area contributed by atoms with Gasteiger partial charge in [0.1, 0.15) is 0 Å². The Labute approximate surface area is 123 Å². The lowest BCUT2D eigenvalue weighted by molar-refractivity contribution is -0.123. The highest BCUT2D eigenvalue weighted by molar-refractivity contribution is 5.78. The predicted octanol–water partition coefficient (Wildman–Crippen LogP) is 2.17. The van der Waals surface area contributed by atoms with Gasteiger partial charge in [0.05, 0.1) is 6.54 Å². The molecular weight excluding hydrogens is 252 g/mol. The van der Waals surface area contributed by atoms with Gasteiger partial charge in [-0.1, -0.05) is 26.2 Å². The summed E-state index contributed by atoms with van der Waals surface area (Å²) in [7, 11) is 0. The van der Waals surface area contributed by atoms with Crippen LogP contribution in [0.15, 0.2) is 0 Å². The summed E-state index contributed by atoms with van der Waals surface area (Å²) in [6.07, 6.45) is 7.93. The van der Waals surface area contributed by atoms with Crippen LogP contribution < -0.4 is 5.32 Å². The van der Waals surface area contributed by atoms with Gasteiger partial charge in [-0.25, -0.2) is 0 Å². The predicted molar refractivity (Wildman–Crippen MR) is 82.6 cm³/mol. The van der Waals surface area contributed by atoms with Crippen LogP contribution in [0.5, 0.6) is 0 Å². The van der Waals surface area contributed by atoms with E-state index in [4.69, 9.17) is 5.11 Å². The molecule has 1 fully saturated rings. The van der Waals surface area contributed by atoms with Gasteiger partial charge in [0, 0.05) is 19.2 Å². The lowest BCUT2D eigenvalue weighted by atomic mass is 9.95. The Morgan fingerprint density at radius 1 is 1.45 bits per heavy atom. The van der Waals surface area contributed by atoms with E-state index in [1.807, 2.05) is 0 Å². The van der Waals surface area contributed by atoms with Crippen molar-refractivity contribution in [3.05, 3.63) is 0 Å². The molecule has 1 saturated heterocycles. The highest BCUT2D eigenvalue weighted by atomic mass is 16.3. The molecule has 1 aliphatic rings. The van der Waals surface area contributed by atoms with E-state index in [9.17, 15) is 4.79 Å². The first-order chi connectivity index (χ1) is 9.65. The quantitative estimate of drug-likeness (QED) is 0.638. The average molecular weight is 284 g/mol. The molecule has 0 spiro atoms. The summed E-state index contributed by atoms with van der Waals surface area (Å²) < 4.78 is 0. The van der Waals surface area contributed by atoms with Gasteiger partial charge in [-0.2, -0.15) is 0 Å². The van der Waals surface area contributed by atoms with E-state index in [-0.39, 0.29) is 18.6 Å². The van der Waals surface area contributed by atoms with Crippen molar-refractivity contribution in [1.82, 2.24) is 10.2 Å². The molecule has 1 rings (SSSR count). The summed E-state index contributed by atoms with van der Waals surface area (Å²) >= 11 is 0. The van der Waals surface area contributed by atoms with Crippen molar-refractivity contribution in [1.29, 1.82) is 0 Å². The lowest BCUT2D eigenvalue weighted by Crippen LogP contribution is -2.44. The molecule has 0 aromatic carbocycles. The van der Waals surface area contributed by atoms with Gasteiger partial charge in [-0.05, 0) is 45.1 Å². The number of nitrogens with zero attached hydrogens (tertiary/aromatic N) is 1. The van der Waals surface area contributed by atoms with Gasteiger partial charge in [0.15, 0.2) is 0 Å². The van der Waals surface area contributed by atoms with Crippen molar-refractivity contribution in [2.24, 2.45) is 5.92 Å². The van der Waals surface area contributed by atoms with E-state index in [1.54, 1.807) is 0 Å². The summed E-state index contributed by atoms with van der Waals surface area (Å²) in [5, 5.41) is 12.1. The fraction of sp³-hybridized carbons (Fsp3) is 0.938. The number of piperidine rings is 1. The number of hydrogen-bond donors (Lipinski definition) is 2. The van der Waals surface area contributed by atoms with Crippen LogP contribution in [-0.2, 0) is 4.79 Å². The van der Waals surface area contributed by atoms with Crippen LogP contribution in [0.2, 0.25) is 0 Å². The molecule has 2 atom stereocenters. The average Bonchev–Trinajstić information content (AvgIpc) is 2.39. The molecule has 0 bridgehead atoms. The fourth-order valence-electron chi connectivity index (χ4n) is 3.01. The Kier molecular flexibility index (Phi) is 8.86. The molecule has 0 saturated carbocycles. The van der Waals surface area contributed by atoms with Gasteiger partial charge >= 0.3 is 0 Å². The number of rotatable bonds is 9. The van der Waals surface area contributed by atoms with Gasteiger partial charge in [-0.3, -0.25) is 9.69 Å². The van der Waals surface area contributed by atoms with Crippen molar-refractivity contribution in [2.45, 2.75) is 64.8 Å². The maximum Gasteiger partial charge on any atom is 0.234 e. The number of carbonyl (C=O) groups is 1. The van der Waals surface area contributed by atoms with Gasteiger partial charge in [0.25, 0.3) is 0 Å². The molecule has 1 aliphatic heterocycles. The fourth-order valence-corrected chi connectivity index (χ4v) is 3.01. The number of nitrogens with one attached hydrogen (secondary N) is 1. The second kappa shape index (κ2) is 10.2. The molecule has 4 nitrogen and oxygen atoms in total. The lowest BCUT2D eigenvalue weighted by Gasteiger charge is -2.32. The maximum absolute atomic E-state index is 12.0. The molecule has 4 heteroatoms. The highest BCUT2D eigenvalue weighted by Gasteiger charge is 2.21. The number of hydrogen-bond acceptors (Lipinski definition) is 3. The van der Waals surface area contributed by atoms with Crippen LogP contribution in [0.1, 0.15) is 58.8 Å². The summed E-state index contributed by atoms with van der Waals surface area (Å²) in [6.45, 7) is 7.04. The third-order valence-electron chi connectivity index (χ3n) is 4.16. The van der Waals surface area contributed by atoms with Crippen molar-refractivity contribution < 1.29 is 9.90 Å². The number of amides is 1. The summed E-state index contributed by atoms with van der Waals surface area (Å²) in [6, 6.07) is 0.284. The molecule has 2 unspecified atom stereocenters. The van der Waals surface area contributed by atoms with Crippen molar-refractivity contribution >= 4 is 5.91 Å². The van der Waals surface area contributed by atoms with Crippen LogP contribution in [-0.4, -0.2) is 48.2 Å². The standard InChI is InChI=1S/C16H32N2O2/c1-3-4-5-7-14(2)17-16(20)13-18-10-6-8-15(12-18)9-11-19/h14-15,19H,3-13H2,1-2H3,(H,17,20). The number of carbonyl (C=O) groups excluding carboxylic acids is 1. The smallest absolute Gasteiger partial charge is 0.234 e. The van der Waals surface area contributed by atoms with Crippen LogP contribution >= 0.6 is 0 Å². The van der Waals surface area contributed by atoms with Crippen LogP contribution in [0, 0.1) is 5.92 Å². The molecule has 0 radical (unpaired) electrons. The molecule has 20 heavy (non-hydrogen) atoms. The van der Waals surface area contributed by atoms with Crippen LogP contribution in [0.4, 0.5) is 0 Å². The Balaban J connectivity index is 2.20. The summed E-state index contributed by atoms with van der Waals surface area (Å²) in [5.41, 5.74) is 0. The van der Waals surface area contributed by atoms with Crippen molar-refractivity contribution in [3.63, 3.8) is 0 Å². The summed E-state index contributed by atoms with van der Waals surface area (Å²) in [4.78, 5) is 14.3. The summed E-state index contributed by atoms with van der Waals surface area (Å²) in [5.74, 6) is 0.710. The number of unbranched alkanes of at least 4 members (excludes halogenated alkanes) is 2. The zero-order valence-electron chi connectivity index (χ0n) is 13.2. The Morgan fingerprint density at radius 2 is 2.25 bits per heavy atom. The molecule has 0 aliphatic carbocycles. The third-order valence-corrected chi connectivity index (χ3v) is 4.16. The first-order valence-corrected chi connectivity index (χ1v) is 8.28. The molecule has 1 heterocycles. The zero-order chi connectivity index (χ0) is 14.8. The molecule has 0 aromatic heterocycles. The second-order valence-corrected chi connectivity index (χ2v) is 6.22. The molecule has 0 aromatic rings. The minimum absolute atomic E-state index is 0.152. The molecule has 118 valence electrons. The van der Waals surface area contributed by atoms with Gasteiger partial charge in [0.2, 0.25) is 5.91 Å². The molecule has 2 N–H and O–H groups in total. The van der Waals surface area contributed by atoms with E-state index >= 15 is 0 Å². The zero-order valence-corrected chi connectivity index (χ0v) is 13.2. The highest BCUT2D eigenvalue weighted by Crippen LogP contribution is 2.18. The van der Waals surface area contributed by atoms with E-state index < -0.39 is 0 Å². The maximum atomic E-state index is 12.0. The number of aliphatic hydroxyl groups is 1. The topological polar surface area (TPSA) is 52.6 Å². The first kappa shape index (κ1) is 17.4. The monoisotopic (exact) mass is 284 g/mol. The molecule has 1 amide bonds. The minimum atomic E-state index is 0.152. The second-order valence-electron chi connectivity index (χ2n) is 6.22. The normalized spacial score (nSPS) is 21.6. The Hall–Kier alpha value is -0.610. The third kappa shape index (κ3) is 7.25. The number of likely N-dealkylation sites (tertiary alicyclic amines) is 1. The minimum Gasteiger partial charge on any atom is -0.396 e. The van der Waals surface area contributed by atoms with Gasteiger partial charge in [-0.15, -0.1) is 0 Å². The largest absolute Gasteiger partial charge is 0.396 e. The molecular formula is C16H32N2O2. The van der Waals surface area contributed by atoms with Crippen molar-refractivity contribution in [2.75, 3.05) is 26.2 Å². The van der Waals surface area contributed by atoms with E-state index in [0.29, 0.717) is 12.5 Å². The van der Waals surface area contributed by atoms with Crippen LogP contribution in [0.25, 0.3) is 0 Å². The SMILES string of the molecule is CCCCCC(C)NC(=O)CN1CCCC(CCO)C1. The Bertz CT molecular complexity index is 269. The Morgan fingerprint density at radius 3 is 2.95 bits per heavy atom. The van der Waals surface area contributed by atoms with Crippen LogP contribution in [0.3, 0.4) is 0 Å². The van der Waals surface area contributed by atoms with E-state index in [0.717, 1.165) is 32.4 Å². The van der Waals surface area contributed by atoms with E-state index in [1.165, 1.54) is 25.7 Å².